The molecule has 4 heteroatoms. The van der Waals surface area contributed by atoms with Crippen LogP contribution in [0.4, 0.5) is 0 Å². The number of para-hydroxylation sites is 1. The van der Waals surface area contributed by atoms with Gasteiger partial charge >= 0.3 is 0 Å². The summed E-state index contributed by atoms with van der Waals surface area (Å²) >= 11 is 0. The van der Waals surface area contributed by atoms with Crippen LogP contribution >= 0.6 is 0 Å². The normalized spacial score (nSPS) is 21.1. The van der Waals surface area contributed by atoms with Gasteiger partial charge in [-0.15, -0.1) is 0 Å². The van der Waals surface area contributed by atoms with E-state index < -0.39 is 0 Å². The number of hydrogen-bond acceptors (Lipinski definition) is 2. The highest BCUT2D eigenvalue weighted by Gasteiger charge is 2.35. The molecular weight excluding hydrogens is 358 g/mol. The van der Waals surface area contributed by atoms with Crippen molar-refractivity contribution in [1.82, 2.24) is 14.8 Å². The number of aromatic amines is 1. The lowest BCUT2D eigenvalue weighted by atomic mass is 9.89. The maximum Gasteiger partial charge on any atom is 0.239 e. The minimum Gasteiger partial charge on any atom is -0.361 e. The largest absolute Gasteiger partial charge is 0.361 e. The van der Waals surface area contributed by atoms with E-state index in [2.05, 4.69) is 69.5 Å². The zero-order valence-corrected chi connectivity index (χ0v) is 16.9. The Balaban J connectivity index is 1.23. The Morgan fingerprint density at radius 2 is 1.69 bits per heavy atom. The first-order valence-corrected chi connectivity index (χ1v) is 10.9. The SMILES string of the molecule is O=C(C1CCCN1Cc1ccccc1)N1CCC(c2c[nH]c3ccccc23)CC1. The number of fused-ring (bicyclic) bond motifs is 1. The van der Waals surface area contributed by atoms with Gasteiger partial charge in [0.25, 0.3) is 0 Å². The molecule has 2 aliphatic heterocycles. The van der Waals surface area contributed by atoms with Gasteiger partial charge in [-0.3, -0.25) is 9.69 Å². The van der Waals surface area contributed by atoms with Gasteiger partial charge in [0.05, 0.1) is 6.04 Å². The summed E-state index contributed by atoms with van der Waals surface area (Å²) in [5, 5.41) is 1.34. The molecule has 4 nitrogen and oxygen atoms in total. The number of amides is 1. The van der Waals surface area contributed by atoms with Gasteiger partial charge in [0.1, 0.15) is 0 Å². The lowest BCUT2D eigenvalue weighted by Gasteiger charge is -2.35. The molecule has 5 rings (SSSR count). The third-order valence-electron chi connectivity index (χ3n) is 6.74. The predicted molar refractivity (Wildman–Crippen MR) is 117 cm³/mol. The van der Waals surface area contributed by atoms with Crippen LogP contribution in [0.25, 0.3) is 10.9 Å². The number of piperidine rings is 1. The number of carbonyl (C=O) groups is 1. The number of nitrogens with one attached hydrogen (secondary N) is 1. The third-order valence-corrected chi connectivity index (χ3v) is 6.74. The Labute approximate surface area is 172 Å². The molecule has 2 fully saturated rings. The summed E-state index contributed by atoms with van der Waals surface area (Å²) in [7, 11) is 0. The molecule has 1 amide bonds. The molecule has 1 unspecified atom stereocenters. The van der Waals surface area contributed by atoms with Crippen molar-refractivity contribution in [2.45, 2.75) is 44.2 Å². The van der Waals surface area contributed by atoms with Crippen LogP contribution in [0, 0.1) is 0 Å². The monoisotopic (exact) mass is 387 g/mol. The summed E-state index contributed by atoms with van der Waals surface area (Å²) in [5.41, 5.74) is 3.92. The van der Waals surface area contributed by atoms with Crippen LogP contribution in [0.15, 0.2) is 60.8 Å². The van der Waals surface area contributed by atoms with Crippen molar-refractivity contribution in [3.63, 3.8) is 0 Å². The number of benzene rings is 2. The zero-order valence-electron chi connectivity index (χ0n) is 16.9. The van der Waals surface area contributed by atoms with Crippen LogP contribution in [-0.4, -0.2) is 46.4 Å². The molecule has 0 saturated carbocycles. The van der Waals surface area contributed by atoms with Crippen LogP contribution in [-0.2, 0) is 11.3 Å². The highest BCUT2D eigenvalue weighted by molar-refractivity contribution is 5.84. The predicted octanol–water partition coefficient (Wildman–Crippen LogP) is 4.54. The molecular formula is C25H29N3O. The number of rotatable bonds is 4. The van der Waals surface area contributed by atoms with E-state index in [0.717, 1.165) is 51.9 Å². The summed E-state index contributed by atoms with van der Waals surface area (Å²) in [6.07, 6.45) is 6.40. The molecule has 0 radical (unpaired) electrons. The van der Waals surface area contributed by atoms with Crippen LogP contribution < -0.4 is 0 Å². The smallest absolute Gasteiger partial charge is 0.239 e. The highest BCUT2D eigenvalue weighted by atomic mass is 16.2. The van der Waals surface area contributed by atoms with E-state index in [-0.39, 0.29) is 6.04 Å². The highest BCUT2D eigenvalue weighted by Crippen LogP contribution is 2.34. The van der Waals surface area contributed by atoms with Gasteiger partial charge in [-0.1, -0.05) is 48.5 Å². The van der Waals surface area contributed by atoms with Crippen LogP contribution in [0.3, 0.4) is 0 Å². The molecule has 2 aliphatic rings. The zero-order chi connectivity index (χ0) is 19.6. The van der Waals surface area contributed by atoms with Gasteiger partial charge in [0, 0.05) is 36.7 Å². The van der Waals surface area contributed by atoms with E-state index in [1.54, 1.807) is 0 Å². The summed E-state index contributed by atoms with van der Waals surface area (Å²) in [4.78, 5) is 21.2. The van der Waals surface area contributed by atoms with Crippen molar-refractivity contribution < 1.29 is 4.79 Å². The second-order valence-corrected chi connectivity index (χ2v) is 8.50. The molecule has 2 aromatic carbocycles. The molecule has 0 bridgehead atoms. The molecule has 29 heavy (non-hydrogen) atoms. The molecule has 1 aromatic heterocycles. The fourth-order valence-corrected chi connectivity index (χ4v) is 5.17. The Bertz CT molecular complexity index is 972. The average Bonchev–Trinajstić information content (AvgIpc) is 3.41. The topological polar surface area (TPSA) is 39.3 Å². The van der Waals surface area contributed by atoms with Gasteiger partial charge in [0.15, 0.2) is 0 Å². The molecule has 0 aliphatic carbocycles. The number of H-pyrrole nitrogens is 1. The van der Waals surface area contributed by atoms with Gasteiger partial charge < -0.3 is 9.88 Å². The second-order valence-electron chi connectivity index (χ2n) is 8.50. The lowest BCUT2D eigenvalue weighted by Crippen LogP contribution is -2.48. The van der Waals surface area contributed by atoms with E-state index >= 15 is 0 Å². The van der Waals surface area contributed by atoms with Crippen LogP contribution in [0.2, 0.25) is 0 Å². The first-order chi connectivity index (χ1) is 14.3. The summed E-state index contributed by atoms with van der Waals surface area (Å²) in [6, 6.07) is 19.1. The van der Waals surface area contributed by atoms with E-state index in [1.807, 2.05) is 6.07 Å². The average molecular weight is 388 g/mol. The maximum absolute atomic E-state index is 13.3. The Kier molecular flexibility index (Phi) is 5.11. The van der Waals surface area contributed by atoms with Gasteiger partial charge in [-0.2, -0.15) is 0 Å². The minimum atomic E-state index is 0.0554. The maximum atomic E-state index is 13.3. The number of carbonyl (C=O) groups excluding carboxylic acids is 1. The number of aromatic nitrogens is 1. The fraction of sp³-hybridized carbons (Fsp3) is 0.400. The first-order valence-electron chi connectivity index (χ1n) is 10.9. The van der Waals surface area contributed by atoms with Gasteiger partial charge in [0.2, 0.25) is 5.91 Å². The molecule has 150 valence electrons. The number of nitrogens with zero attached hydrogens (tertiary/aromatic N) is 2. The third kappa shape index (κ3) is 3.69. The minimum absolute atomic E-state index is 0.0554. The quantitative estimate of drug-likeness (QED) is 0.714. The van der Waals surface area contributed by atoms with E-state index in [4.69, 9.17) is 0 Å². The number of likely N-dealkylation sites (tertiary alicyclic amines) is 2. The van der Waals surface area contributed by atoms with Crippen molar-refractivity contribution in [3.05, 3.63) is 71.9 Å². The van der Waals surface area contributed by atoms with Crippen molar-refractivity contribution in [2.24, 2.45) is 0 Å². The Morgan fingerprint density at radius 3 is 2.52 bits per heavy atom. The summed E-state index contributed by atoms with van der Waals surface area (Å²) in [5.74, 6) is 0.884. The molecule has 3 heterocycles. The van der Waals surface area contributed by atoms with Crippen molar-refractivity contribution in [3.8, 4) is 0 Å². The second kappa shape index (κ2) is 8.03. The molecule has 3 aromatic rings. The van der Waals surface area contributed by atoms with Gasteiger partial charge in [-0.05, 0) is 55.3 Å². The van der Waals surface area contributed by atoms with E-state index in [0.29, 0.717) is 11.8 Å². The van der Waals surface area contributed by atoms with E-state index in [9.17, 15) is 4.79 Å². The first kappa shape index (κ1) is 18.4. The summed E-state index contributed by atoms with van der Waals surface area (Å²) < 4.78 is 0. The molecule has 1 atom stereocenters. The Hall–Kier alpha value is -2.59. The van der Waals surface area contributed by atoms with Crippen molar-refractivity contribution in [1.29, 1.82) is 0 Å². The standard InChI is InChI=1S/C25H29N3O/c29-25(24-11-6-14-28(24)18-19-7-2-1-3-8-19)27-15-12-20(13-16-27)22-17-26-23-10-5-4-9-21(22)23/h1-5,7-10,17,20,24,26H,6,11-16,18H2. The fourth-order valence-electron chi connectivity index (χ4n) is 5.17. The van der Waals surface area contributed by atoms with Crippen molar-refractivity contribution >= 4 is 16.8 Å². The van der Waals surface area contributed by atoms with E-state index in [1.165, 1.54) is 22.0 Å². The van der Waals surface area contributed by atoms with Crippen molar-refractivity contribution in [2.75, 3.05) is 19.6 Å². The number of hydrogen-bond donors (Lipinski definition) is 1. The Morgan fingerprint density at radius 1 is 0.931 bits per heavy atom. The molecule has 0 spiro atoms. The summed E-state index contributed by atoms with van der Waals surface area (Å²) in [6.45, 7) is 3.65. The van der Waals surface area contributed by atoms with Gasteiger partial charge in [-0.25, -0.2) is 0 Å². The lowest BCUT2D eigenvalue weighted by molar-refractivity contribution is -0.137. The molecule has 1 N–H and O–H groups in total. The van der Waals surface area contributed by atoms with Crippen LogP contribution in [0.1, 0.15) is 42.7 Å². The van der Waals surface area contributed by atoms with Crippen LogP contribution in [0.5, 0.6) is 0 Å². The molecule has 2 saturated heterocycles.